The molecule has 7 heteroatoms. The van der Waals surface area contributed by atoms with E-state index >= 15 is 0 Å². The number of nitrogens with zero attached hydrogens (tertiary/aromatic N) is 3. The van der Waals surface area contributed by atoms with E-state index in [0.29, 0.717) is 11.8 Å². The molecule has 2 aromatic rings. The third-order valence-corrected chi connectivity index (χ3v) is 6.53. The maximum absolute atomic E-state index is 12.3. The summed E-state index contributed by atoms with van der Waals surface area (Å²) in [5.41, 5.74) is 0. The summed E-state index contributed by atoms with van der Waals surface area (Å²) in [6.07, 6.45) is 5.12. The van der Waals surface area contributed by atoms with E-state index in [2.05, 4.69) is 33.1 Å². The van der Waals surface area contributed by atoms with Gasteiger partial charge in [-0.25, -0.2) is 0 Å². The van der Waals surface area contributed by atoms with E-state index in [1.165, 1.54) is 37.4 Å². The van der Waals surface area contributed by atoms with E-state index in [1.54, 1.807) is 11.3 Å². The third-order valence-electron chi connectivity index (χ3n) is 4.69. The van der Waals surface area contributed by atoms with E-state index in [1.807, 2.05) is 11.4 Å². The molecular formula is C17H22N4OS2. The Labute approximate surface area is 150 Å². The van der Waals surface area contributed by atoms with Crippen LogP contribution in [0.25, 0.3) is 10.7 Å². The quantitative estimate of drug-likeness (QED) is 0.731. The zero-order valence-corrected chi connectivity index (χ0v) is 15.4. The SMILES string of the molecule is CCn1c(SCC(=O)NC(C2CC2)C2CC2)nnc1-c1cccs1. The van der Waals surface area contributed by atoms with Crippen molar-refractivity contribution in [3.05, 3.63) is 17.5 Å². The summed E-state index contributed by atoms with van der Waals surface area (Å²) in [5.74, 6) is 2.90. The van der Waals surface area contributed by atoms with Crippen LogP contribution in [0.15, 0.2) is 22.7 Å². The van der Waals surface area contributed by atoms with Gasteiger partial charge in [0.2, 0.25) is 5.91 Å². The van der Waals surface area contributed by atoms with Gasteiger partial charge in [-0.3, -0.25) is 4.79 Å². The van der Waals surface area contributed by atoms with E-state index in [4.69, 9.17) is 0 Å². The summed E-state index contributed by atoms with van der Waals surface area (Å²) < 4.78 is 2.09. The number of rotatable bonds is 8. The van der Waals surface area contributed by atoms with Crippen LogP contribution in [0.1, 0.15) is 32.6 Å². The van der Waals surface area contributed by atoms with Crippen LogP contribution in [0.3, 0.4) is 0 Å². The minimum Gasteiger partial charge on any atom is -0.352 e. The van der Waals surface area contributed by atoms with Gasteiger partial charge in [-0.2, -0.15) is 0 Å². The second-order valence-corrected chi connectivity index (χ2v) is 8.47. The first-order valence-corrected chi connectivity index (χ1v) is 10.5. The van der Waals surface area contributed by atoms with Gasteiger partial charge in [-0.05, 0) is 55.9 Å². The van der Waals surface area contributed by atoms with Gasteiger partial charge in [0.05, 0.1) is 10.6 Å². The van der Waals surface area contributed by atoms with E-state index < -0.39 is 0 Å². The molecule has 2 aromatic heterocycles. The molecule has 0 saturated heterocycles. The van der Waals surface area contributed by atoms with Crippen LogP contribution in [-0.4, -0.2) is 32.5 Å². The van der Waals surface area contributed by atoms with Gasteiger partial charge in [-0.15, -0.1) is 21.5 Å². The molecule has 24 heavy (non-hydrogen) atoms. The Hall–Kier alpha value is -1.34. The lowest BCUT2D eigenvalue weighted by Gasteiger charge is -2.17. The molecule has 0 atom stereocenters. The van der Waals surface area contributed by atoms with Crippen molar-refractivity contribution in [2.24, 2.45) is 11.8 Å². The average Bonchev–Trinajstić information content (AvgIpc) is 3.51. The first-order chi connectivity index (χ1) is 11.8. The zero-order valence-electron chi connectivity index (χ0n) is 13.8. The lowest BCUT2D eigenvalue weighted by molar-refractivity contribution is -0.119. The molecule has 4 rings (SSSR count). The molecule has 5 nitrogen and oxygen atoms in total. The monoisotopic (exact) mass is 362 g/mol. The van der Waals surface area contributed by atoms with Crippen LogP contribution in [0, 0.1) is 11.8 Å². The predicted octanol–water partition coefficient (Wildman–Crippen LogP) is 3.42. The van der Waals surface area contributed by atoms with Gasteiger partial charge in [0.25, 0.3) is 0 Å². The Kier molecular flexibility index (Phi) is 4.63. The lowest BCUT2D eigenvalue weighted by Crippen LogP contribution is -2.39. The number of aromatic nitrogens is 3. The maximum atomic E-state index is 12.3. The predicted molar refractivity (Wildman–Crippen MR) is 97.1 cm³/mol. The second kappa shape index (κ2) is 6.88. The summed E-state index contributed by atoms with van der Waals surface area (Å²) >= 11 is 3.15. The number of carbonyl (C=O) groups excluding carboxylic acids is 1. The summed E-state index contributed by atoms with van der Waals surface area (Å²) in [7, 11) is 0. The average molecular weight is 363 g/mol. The lowest BCUT2D eigenvalue weighted by atomic mass is 10.1. The highest BCUT2D eigenvalue weighted by atomic mass is 32.2. The molecule has 0 aliphatic heterocycles. The van der Waals surface area contributed by atoms with Crippen LogP contribution in [0.5, 0.6) is 0 Å². The second-order valence-electron chi connectivity index (χ2n) is 6.58. The Morgan fingerprint density at radius 3 is 2.71 bits per heavy atom. The number of nitrogens with one attached hydrogen (secondary N) is 1. The number of thiophene rings is 1. The molecule has 2 heterocycles. The number of carbonyl (C=O) groups is 1. The molecule has 2 fully saturated rings. The van der Waals surface area contributed by atoms with Crippen molar-refractivity contribution in [3.63, 3.8) is 0 Å². The minimum absolute atomic E-state index is 0.132. The summed E-state index contributed by atoms with van der Waals surface area (Å²) in [4.78, 5) is 13.5. The molecule has 0 spiro atoms. The Morgan fingerprint density at radius 2 is 2.12 bits per heavy atom. The number of amides is 1. The van der Waals surface area contributed by atoms with Crippen molar-refractivity contribution < 1.29 is 4.79 Å². The van der Waals surface area contributed by atoms with Crippen molar-refractivity contribution in [2.45, 2.75) is 50.4 Å². The Morgan fingerprint density at radius 1 is 1.38 bits per heavy atom. The first kappa shape index (κ1) is 16.1. The van der Waals surface area contributed by atoms with E-state index in [-0.39, 0.29) is 5.91 Å². The minimum atomic E-state index is 0.132. The van der Waals surface area contributed by atoms with Crippen molar-refractivity contribution >= 4 is 29.0 Å². The van der Waals surface area contributed by atoms with Crippen molar-refractivity contribution in [1.29, 1.82) is 0 Å². The molecule has 2 aliphatic rings. The molecule has 0 radical (unpaired) electrons. The summed E-state index contributed by atoms with van der Waals surface area (Å²) in [6, 6.07) is 4.49. The van der Waals surface area contributed by atoms with Gasteiger partial charge in [0.15, 0.2) is 11.0 Å². The highest BCUT2D eigenvalue weighted by Gasteiger charge is 2.42. The highest BCUT2D eigenvalue weighted by molar-refractivity contribution is 7.99. The summed E-state index contributed by atoms with van der Waals surface area (Å²) in [5, 5.41) is 14.7. The van der Waals surface area contributed by atoms with Gasteiger partial charge < -0.3 is 9.88 Å². The van der Waals surface area contributed by atoms with Gasteiger partial charge in [0.1, 0.15) is 0 Å². The molecule has 128 valence electrons. The third kappa shape index (κ3) is 3.52. The van der Waals surface area contributed by atoms with Crippen LogP contribution in [0.2, 0.25) is 0 Å². The van der Waals surface area contributed by atoms with Crippen LogP contribution in [0.4, 0.5) is 0 Å². The molecule has 1 N–H and O–H groups in total. The maximum Gasteiger partial charge on any atom is 0.230 e. The van der Waals surface area contributed by atoms with Crippen LogP contribution < -0.4 is 5.32 Å². The first-order valence-electron chi connectivity index (χ1n) is 8.65. The fourth-order valence-corrected chi connectivity index (χ4v) is 4.69. The Bertz CT molecular complexity index is 692. The van der Waals surface area contributed by atoms with E-state index in [0.717, 1.165) is 34.2 Å². The van der Waals surface area contributed by atoms with Gasteiger partial charge >= 0.3 is 0 Å². The largest absolute Gasteiger partial charge is 0.352 e. The molecule has 0 aromatic carbocycles. The van der Waals surface area contributed by atoms with Crippen LogP contribution in [-0.2, 0) is 11.3 Å². The van der Waals surface area contributed by atoms with Crippen molar-refractivity contribution in [1.82, 2.24) is 20.1 Å². The fraction of sp³-hybridized carbons (Fsp3) is 0.588. The number of hydrogen-bond acceptors (Lipinski definition) is 5. The molecule has 2 saturated carbocycles. The fourth-order valence-electron chi connectivity index (χ4n) is 3.16. The number of hydrogen-bond donors (Lipinski definition) is 1. The highest BCUT2D eigenvalue weighted by Crippen LogP contribution is 2.44. The normalized spacial score (nSPS) is 17.4. The molecule has 1 amide bonds. The van der Waals surface area contributed by atoms with Crippen molar-refractivity contribution in [3.8, 4) is 10.7 Å². The van der Waals surface area contributed by atoms with Gasteiger partial charge in [-0.1, -0.05) is 17.8 Å². The van der Waals surface area contributed by atoms with E-state index in [9.17, 15) is 4.79 Å². The molecular weight excluding hydrogens is 340 g/mol. The molecule has 0 bridgehead atoms. The van der Waals surface area contributed by atoms with Gasteiger partial charge in [0, 0.05) is 12.6 Å². The molecule has 0 unspecified atom stereocenters. The van der Waals surface area contributed by atoms with Crippen LogP contribution >= 0.6 is 23.1 Å². The zero-order chi connectivity index (χ0) is 16.5. The van der Waals surface area contributed by atoms with Crippen molar-refractivity contribution in [2.75, 3.05) is 5.75 Å². The topological polar surface area (TPSA) is 59.8 Å². The summed E-state index contributed by atoms with van der Waals surface area (Å²) in [6.45, 7) is 2.89. The standard InChI is InChI=1S/C17H22N4OS2/c1-2-21-16(13-4-3-9-23-13)19-20-17(21)24-10-14(22)18-15(11-5-6-11)12-7-8-12/h3-4,9,11-12,15H,2,5-8,10H2,1H3,(H,18,22). The molecule has 2 aliphatic carbocycles. The number of thioether (sulfide) groups is 1. The smallest absolute Gasteiger partial charge is 0.230 e. The Balaban J connectivity index is 1.37.